The molecule has 0 saturated heterocycles. The Morgan fingerprint density at radius 1 is 1.06 bits per heavy atom. The van der Waals surface area contributed by atoms with Gasteiger partial charge in [0.05, 0.1) is 10.4 Å². The normalized spacial score (nSPS) is 11.5. The molecule has 2 aromatic heterocycles. The molecule has 9 heteroatoms. The van der Waals surface area contributed by atoms with E-state index in [2.05, 4.69) is 15.0 Å². The number of carbonyl (C=O) groups is 1. The van der Waals surface area contributed by atoms with E-state index in [9.17, 15) is 18.0 Å². The Balaban J connectivity index is 1.49. The summed E-state index contributed by atoms with van der Waals surface area (Å²) in [5.74, 6) is -0.393. The number of aromatic nitrogens is 2. The molecule has 2 aromatic carbocycles. The third kappa shape index (κ3) is 4.90. The zero-order valence-corrected chi connectivity index (χ0v) is 19.6. The molecule has 0 aliphatic carbocycles. The second-order valence-electron chi connectivity index (χ2n) is 7.79. The van der Waals surface area contributed by atoms with Crippen LogP contribution in [-0.2, 0) is 23.1 Å². The van der Waals surface area contributed by atoms with Gasteiger partial charge in [0, 0.05) is 53.9 Å². The molecule has 0 aliphatic heterocycles. The molecule has 1 amide bonds. The van der Waals surface area contributed by atoms with Crippen LogP contribution in [0.2, 0.25) is 0 Å². The average Bonchev–Trinajstić information content (AvgIpc) is 2.84. The van der Waals surface area contributed by atoms with Crippen LogP contribution < -0.4 is 15.5 Å². The molecule has 0 bridgehead atoms. The van der Waals surface area contributed by atoms with E-state index >= 15 is 0 Å². The predicted octanol–water partition coefficient (Wildman–Crippen LogP) is 3.46. The Labute approximate surface area is 197 Å². The van der Waals surface area contributed by atoms with Crippen LogP contribution in [-0.4, -0.2) is 23.9 Å². The number of anilines is 1. The van der Waals surface area contributed by atoms with E-state index in [1.807, 2.05) is 18.4 Å². The molecule has 0 saturated carbocycles. The first-order valence-electron chi connectivity index (χ1n) is 10.7. The molecule has 0 spiro atoms. The summed E-state index contributed by atoms with van der Waals surface area (Å²) in [6.45, 7) is 4.70. The molecule has 0 unspecified atom stereocenters. The number of hydrogen-bond donors (Lipinski definition) is 2. The molecule has 2 N–H and O–H groups in total. The lowest BCUT2D eigenvalue weighted by molar-refractivity contribution is 0.102. The van der Waals surface area contributed by atoms with Crippen molar-refractivity contribution in [3.63, 3.8) is 0 Å². The summed E-state index contributed by atoms with van der Waals surface area (Å²) in [4.78, 5) is 29.3. The van der Waals surface area contributed by atoms with Crippen LogP contribution in [0.3, 0.4) is 0 Å². The fraction of sp³-hybridized carbons (Fsp3) is 0.160. The number of hydrogen-bond acceptors (Lipinski definition) is 5. The maximum Gasteiger partial charge on any atom is 0.255 e. The van der Waals surface area contributed by atoms with Crippen molar-refractivity contribution in [2.45, 2.75) is 31.8 Å². The van der Waals surface area contributed by atoms with Gasteiger partial charge in [-0.1, -0.05) is 6.07 Å². The average molecular weight is 477 g/mol. The lowest BCUT2D eigenvalue weighted by Gasteiger charge is -2.13. The van der Waals surface area contributed by atoms with Crippen molar-refractivity contribution in [1.29, 1.82) is 0 Å². The summed E-state index contributed by atoms with van der Waals surface area (Å²) < 4.78 is 29.6. The van der Waals surface area contributed by atoms with Crippen molar-refractivity contribution in [3.05, 3.63) is 100 Å². The fourth-order valence-corrected chi connectivity index (χ4v) is 4.77. The number of rotatable bonds is 7. The van der Waals surface area contributed by atoms with Crippen LogP contribution in [0.15, 0.2) is 82.7 Å². The van der Waals surface area contributed by atoms with Gasteiger partial charge in [-0.2, -0.15) is 0 Å². The number of benzene rings is 2. The molecular formula is C25H24N4O4S. The SMILES string of the molecule is CCn1c(C)cc(=O)c2cc(C(=O)Nc3ccc(S(=O)(=O)NCc4cccnc4)cc3)ccc21. The van der Waals surface area contributed by atoms with E-state index in [1.165, 1.54) is 24.3 Å². The fourth-order valence-electron chi connectivity index (χ4n) is 3.75. The quantitative estimate of drug-likeness (QED) is 0.425. The summed E-state index contributed by atoms with van der Waals surface area (Å²) in [6, 6.07) is 16.0. The first-order valence-corrected chi connectivity index (χ1v) is 12.2. The first-order chi connectivity index (χ1) is 16.3. The van der Waals surface area contributed by atoms with E-state index in [4.69, 9.17) is 0 Å². The van der Waals surface area contributed by atoms with Gasteiger partial charge in [0.2, 0.25) is 10.0 Å². The van der Waals surface area contributed by atoms with Crippen molar-refractivity contribution in [1.82, 2.24) is 14.3 Å². The van der Waals surface area contributed by atoms with Gasteiger partial charge < -0.3 is 9.88 Å². The van der Waals surface area contributed by atoms with Crippen molar-refractivity contribution >= 4 is 32.5 Å². The number of fused-ring (bicyclic) bond motifs is 1. The van der Waals surface area contributed by atoms with Crippen molar-refractivity contribution in [2.75, 3.05) is 5.32 Å². The second kappa shape index (κ2) is 9.58. The van der Waals surface area contributed by atoms with Crippen LogP contribution in [0.5, 0.6) is 0 Å². The van der Waals surface area contributed by atoms with Gasteiger partial charge >= 0.3 is 0 Å². The lowest BCUT2D eigenvalue weighted by Crippen LogP contribution is -2.23. The molecule has 34 heavy (non-hydrogen) atoms. The van der Waals surface area contributed by atoms with E-state index in [0.29, 0.717) is 23.2 Å². The van der Waals surface area contributed by atoms with Crippen LogP contribution in [0, 0.1) is 6.92 Å². The summed E-state index contributed by atoms with van der Waals surface area (Å²) in [5, 5.41) is 3.22. The van der Waals surface area contributed by atoms with E-state index in [0.717, 1.165) is 16.8 Å². The number of sulfonamides is 1. The largest absolute Gasteiger partial charge is 0.345 e. The Hall–Kier alpha value is -3.82. The molecule has 4 aromatic rings. The smallest absolute Gasteiger partial charge is 0.255 e. The van der Waals surface area contributed by atoms with Gasteiger partial charge in [-0.3, -0.25) is 14.6 Å². The van der Waals surface area contributed by atoms with Crippen LogP contribution in [0.4, 0.5) is 5.69 Å². The van der Waals surface area contributed by atoms with Gasteiger partial charge in [-0.05, 0) is 67.9 Å². The minimum atomic E-state index is -3.72. The molecule has 0 atom stereocenters. The molecule has 4 rings (SSSR count). The third-order valence-electron chi connectivity index (χ3n) is 5.51. The number of nitrogens with one attached hydrogen (secondary N) is 2. The van der Waals surface area contributed by atoms with E-state index in [-0.39, 0.29) is 16.9 Å². The van der Waals surface area contributed by atoms with E-state index < -0.39 is 15.9 Å². The summed E-state index contributed by atoms with van der Waals surface area (Å²) in [7, 11) is -3.72. The zero-order chi connectivity index (χ0) is 24.3. The minimum absolute atomic E-state index is 0.0792. The molecule has 2 heterocycles. The lowest BCUT2D eigenvalue weighted by atomic mass is 10.1. The van der Waals surface area contributed by atoms with E-state index in [1.54, 1.807) is 48.8 Å². The van der Waals surface area contributed by atoms with Gasteiger partial charge in [0.25, 0.3) is 5.91 Å². The number of carbonyl (C=O) groups excluding carboxylic acids is 1. The first kappa shape index (κ1) is 23.3. The van der Waals surface area contributed by atoms with Crippen molar-refractivity contribution < 1.29 is 13.2 Å². The maximum absolute atomic E-state index is 12.8. The highest BCUT2D eigenvalue weighted by Gasteiger charge is 2.15. The summed E-state index contributed by atoms with van der Waals surface area (Å²) in [5.41, 5.74) is 3.02. The predicted molar refractivity (Wildman–Crippen MR) is 131 cm³/mol. The highest BCUT2D eigenvalue weighted by atomic mass is 32.2. The second-order valence-corrected chi connectivity index (χ2v) is 9.56. The van der Waals surface area contributed by atoms with Crippen LogP contribution in [0.1, 0.15) is 28.5 Å². The Kier molecular flexibility index (Phi) is 6.58. The number of aryl methyl sites for hydroxylation is 2. The minimum Gasteiger partial charge on any atom is -0.345 e. The van der Waals surface area contributed by atoms with Crippen molar-refractivity contribution in [3.8, 4) is 0 Å². The zero-order valence-electron chi connectivity index (χ0n) is 18.8. The molecular weight excluding hydrogens is 452 g/mol. The topological polar surface area (TPSA) is 110 Å². The van der Waals surface area contributed by atoms with Gasteiger partial charge in [-0.25, -0.2) is 13.1 Å². The standard InChI is InChI=1S/C25H24N4O4S/c1-3-29-17(2)13-24(30)22-14-19(6-11-23(22)29)25(31)28-20-7-9-21(10-8-20)34(32,33)27-16-18-5-4-12-26-15-18/h4-15,27H,3,16H2,1-2H3,(H,28,31). The van der Waals surface area contributed by atoms with Crippen LogP contribution in [0.25, 0.3) is 10.9 Å². The van der Waals surface area contributed by atoms with Gasteiger partial charge in [-0.15, -0.1) is 0 Å². The highest BCUT2D eigenvalue weighted by Crippen LogP contribution is 2.18. The molecule has 0 radical (unpaired) electrons. The molecule has 0 aliphatic rings. The Morgan fingerprint density at radius 3 is 2.50 bits per heavy atom. The maximum atomic E-state index is 12.8. The summed E-state index contributed by atoms with van der Waals surface area (Å²) in [6.07, 6.45) is 3.21. The van der Waals surface area contributed by atoms with Crippen molar-refractivity contribution in [2.24, 2.45) is 0 Å². The Morgan fingerprint density at radius 2 is 1.82 bits per heavy atom. The Bertz CT molecular complexity index is 1510. The highest BCUT2D eigenvalue weighted by molar-refractivity contribution is 7.89. The molecule has 8 nitrogen and oxygen atoms in total. The summed E-state index contributed by atoms with van der Waals surface area (Å²) >= 11 is 0. The molecule has 174 valence electrons. The van der Waals surface area contributed by atoms with Crippen LogP contribution >= 0.6 is 0 Å². The van der Waals surface area contributed by atoms with Gasteiger partial charge in [0.1, 0.15) is 0 Å². The number of amides is 1. The number of pyridine rings is 2. The molecule has 0 fully saturated rings. The monoisotopic (exact) mass is 476 g/mol. The van der Waals surface area contributed by atoms with Gasteiger partial charge in [0.15, 0.2) is 5.43 Å². The number of nitrogens with zero attached hydrogens (tertiary/aromatic N) is 2. The third-order valence-corrected chi connectivity index (χ3v) is 6.93.